The number of anilines is 1. The van der Waals surface area contributed by atoms with Gasteiger partial charge in [0.05, 0.1) is 12.2 Å². The van der Waals surface area contributed by atoms with E-state index in [1.54, 1.807) is 40.9 Å². The number of para-hydroxylation sites is 1. The zero-order valence-corrected chi connectivity index (χ0v) is 20.8. The van der Waals surface area contributed by atoms with Crippen molar-refractivity contribution in [2.45, 2.75) is 24.4 Å². The minimum Gasteiger partial charge on any atom is -0.302 e. The number of rotatable bonds is 6. The lowest BCUT2D eigenvalue weighted by Crippen LogP contribution is -2.37. The van der Waals surface area contributed by atoms with Gasteiger partial charge in [0, 0.05) is 49.1 Å². The number of aryl methyl sites for hydroxylation is 1. The first kappa shape index (κ1) is 24.8. The van der Waals surface area contributed by atoms with Crippen LogP contribution < -0.4 is 4.90 Å². The first-order valence-corrected chi connectivity index (χ1v) is 13.1. The summed E-state index contributed by atoms with van der Waals surface area (Å²) < 4.78 is 57.5. The average molecular weight is 523 g/mol. The van der Waals surface area contributed by atoms with Crippen LogP contribution >= 0.6 is 0 Å². The Bertz CT molecular complexity index is 1560. The van der Waals surface area contributed by atoms with Crippen LogP contribution in [0.15, 0.2) is 83.8 Å². The van der Waals surface area contributed by atoms with Gasteiger partial charge < -0.3 is 4.90 Å². The van der Waals surface area contributed by atoms with E-state index in [0.717, 1.165) is 22.1 Å². The molecule has 1 amide bonds. The molecule has 0 atom stereocenters. The van der Waals surface area contributed by atoms with E-state index in [0.29, 0.717) is 35.0 Å². The van der Waals surface area contributed by atoms with Crippen molar-refractivity contribution in [2.75, 3.05) is 11.4 Å². The molecule has 0 saturated heterocycles. The minimum absolute atomic E-state index is 0.0705. The first-order chi connectivity index (χ1) is 17.8. The Kier molecular flexibility index (Phi) is 6.61. The van der Waals surface area contributed by atoms with Crippen molar-refractivity contribution in [3.63, 3.8) is 0 Å². The van der Waals surface area contributed by atoms with Crippen molar-refractivity contribution in [3.8, 4) is 0 Å². The average Bonchev–Trinajstić information content (AvgIpc) is 3.23. The molecule has 10 heteroatoms. The maximum absolute atomic E-state index is 14.4. The molecule has 4 aromatic rings. The van der Waals surface area contributed by atoms with Gasteiger partial charge in [-0.25, -0.2) is 17.2 Å². The van der Waals surface area contributed by atoms with Gasteiger partial charge in [-0.15, -0.1) is 0 Å². The molecule has 1 aromatic heterocycles. The van der Waals surface area contributed by atoms with Crippen LogP contribution in [0.5, 0.6) is 0 Å². The normalized spacial score (nSPS) is 13.8. The summed E-state index contributed by atoms with van der Waals surface area (Å²) in [6, 6.07) is 20.4. The molecule has 0 saturated carbocycles. The predicted octanol–water partition coefficient (Wildman–Crippen LogP) is 4.29. The maximum Gasteiger partial charge on any atom is 0.258 e. The van der Waals surface area contributed by atoms with Crippen molar-refractivity contribution < 1.29 is 22.0 Å². The largest absolute Gasteiger partial charge is 0.302 e. The van der Waals surface area contributed by atoms with Crippen LogP contribution in [0.3, 0.4) is 0 Å². The minimum atomic E-state index is -4.30. The molecule has 0 bridgehead atoms. The number of sulfonamides is 1. The van der Waals surface area contributed by atoms with E-state index in [1.165, 1.54) is 0 Å². The highest BCUT2D eigenvalue weighted by molar-refractivity contribution is 7.89. The molecule has 7 nitrogen and oxygen atoms in total. The van der Waals surface area contributed by atoms with Crippen molar-refractivity contribution in [1.82, 2.24) is 14.1 Å². The molecule has 0 radical (unpaired) electrons. The zero-order chi connectivity index (χ0) is 26.2. The number of benzene rings is 3. The lowest BCUT2D eigenvalue weighted by atomic mass is 10.1. The van der Waals surface area contributed by atoms with Crippen LogP contribution in [0.2, 0.25) is 0 Å². The molecule has 190 valence electrons. The molecular weight excluding hydrogens is 498 g/mol. The van der Waals surface area contributed by atoms with E-state index in [1.807, 2.05) is 36.4 Å². The number of halogens is 2. The molecular formula is C27H24F2N4O3S. The molecule has 1 aliphatic heterocycles. The van der Waals surface area contributed by atoms with Gasteiger partial charge >= 0.3 is 0 Å². The monoisotopic (exact) mass is 522 g/mol. The van der Waals surface area contributed by atoms with Gasteiger partial charge in [0.1, 0.15) is 16.5 Å². The van der Waals surface area contributed by atoms with Crippen LogP contribution in [0.25, 0.3) is 0 Å². The van der Waals surface area contributed by atoms with Gasteiger partial charge in [0.15, 0.2) is 0 Å². The van der Waals surface area contributed by atoms with Crippen LogP contribution in [-0.2, 0) is 36.6 Å². The van der Waals surface area contributed by atoms with Crippen molar-refractivity contribution >= 4 is 21.6 Å². The fourth-order valence-electron chi connectivity index (χ4n) is 4.57. The van der Waals surface area contributed by atoms with Crippen molar-refractivity contribution in [1.29, 1.82) is 0 Å². The van der Waals surface area contributed by atoms with Crippen molar-refractivity contribution in [3.05, 3.63) is 113 Å². The summed E-state index contributed by atoms with van der Waals surface area (Å²) in [5, 5.41) is 4.62. The molecule has 3 aromatic carbocycles. The Morgan fingerprint density at radius 1 is 1.00 bits per heavy atom. The van der Waals surface area contributed by atoms with Gasteiger partial charge in [-0.3, -0.25) is 9.48 Å². The molecule has 37 heavy (non-hydrogen) atoms. The highest BCUT2D eigenvalue weighted by Crippen LogP contribution is 2.30. The third-order valence-corrected chi connectivity index (χ3v) is 8.30. The molecule has 1 aliphatic rings. The molecule has 0 aliphatic carbocycles. The Hall–Kier alpha value is -3.89. The SMILES string of the molecule is Cn1nc(CN(C(=O)c2ccccc2)c2ccccc2)c2c1CCN(S(=O)(=O)c1cc(F)ccc1F)C2. The van der Waals surface area contributed by atoms with E-state index < -0.39 is 26.6 Å². The lowest BCUT2D eigenvalue weighted by Gasteiger charge is -2.28. The van der Waals surface area contributed by atoms with Gasteiger partial charge in [0.2, 0.25) is 10.0 Å². The highest BCUT2D eigenvalue weighted by atomic mass is 32.2. The highest BCUT2D eigenvalue weighted by Gasteiger charge is 2.34. The summed E-state index contributed by atoms with van der Waals surface area (Å²) in [7, 11) is -2.54. The summed E-state index contributed by atoms with van der Waals surface area (Å²) in [6.07, 6.45) is 0.340. The summed E-state index contributed by atoms with van der Waals surface area (Å²) in [5.74, 6) is -2.08. The van der Waals surface area contributed by atoms with E-state index in [2.05, 4.69) is 5.10 Å². The molecule has 0 spiro atoms. The van der Waals surface area contributed by atoms with Crippen LogP contribution in [0.4, 0.5) is 14.5 Å². The van der Waals surface area contributed by atoms with E-state index in [4.69, 9.17) is 0 Å². The quantitative estimate of drug-likeness (QED) is 0.379. The Labute approximate surface area is 213 Å². The zero-order valence-electron chi connectivity index (χ0n) is 20.0. The van der Waals surface area contributed by atoms with Crippen LogP contribution in [0.1, 0.15) is 27.3 Å². The van der Waals surface area contributed by atoms with Gasteiger partial charge in [-0.05, 0) is 42.5 Å². The fraction of sp³-hybridized carbons (Fsp3) is 0.185. The van der Waals surface area contributed by atoms with E-state index in [9.17, 15) is 22.0 Å². The summed E-state index contributed by atoms with van der Waals surface area (Å²) >= 11 is 0. The Morgan fingerprint density at radius 2 is 1.68 bits per heavy atom. The number of hydrogen-bond acceptors (Lipinski definition) is 4. The second-order valence-electron chi connectivity index (χ2n) is 8.75. The number of amides is 1. The Balaban J connectivity index is 1.51. The van der Waals surface area contributed by atoms with E-state index in [-0.39, 0.29) is 25.5 Å². The van der Waals surface area contributed by atoms with Gasteiger partial charge in [-0.2, -0.15) is 9.40 Å². The van der Waals surface area contributed by atoms with E-state index >= 15 is 0 Å². The maximum atomic E-state index is 14.4. The standard InChI is InChI=1S/C27H24F2N4O3S/c1-31-25-14-15-32(37(35,36)26-16-20(28)12-13-23(26)29)17-22(25)24(30-31)18-33(21-10-6-3-7-11-21)27(34)19-8-4-2-5-9-19/h2-13,16H,14-15,17-18H2,1H3. The van der Waals surface area contributed by atoms with Crippen molar-refractivity contribution in [2.24, 2.45) is 7.05 Å². The third-order valence-electron chi connectivity index (χ3n) is 6.44. The molecule has 0 unspecified atom stereocenters. The Morgan fingerprint density at radius 3 is 2.38 bits per heavy atom. The molecule has 5 rings (SSSR count). The summed E-state index contributed by atoms with van der Waals surface area (Å²) in [4.78, 5) is 14.4. The van der Waals surface area contributed by atoms with Crippen LogP contribution in [0, 0.1) is 11.6 Å². The number of carbonyl (C=O) groups is 1. The number of nitrogens with zero attached hydrogens (tertiary/aromatic N) is 4. The summed E-state index contributed by atoms with van der Waals surface area (Å²) in [6.45, 7) is 0.123. The molecule has 0 N–H and O–H groups in total. The predicted molar refractivity (Wildman–Crippen MR) is 134 cm³/mol. The molecule has 2 heterocycles. The van der Waals surface area contributed by atoms with Gasteiger partial charge in [-0.1, -0.05) is 36.4 Å². The third kappa shape index (κ3) is 4.77. The smallest absolute Gasteiger partial charge is 0.258 e. The van der Waals surface area contributed by atoms with Gasteiger partial charge in [0.25, 0.3) is 5.91 Å². The topological polar surface area (TPSA) is 75.5 Å². The number of fused-ring (bicyclic) bond motifs is 1. The van der Waals surface area contributed by atoms with Crippen LogP contribution in [-0.4, -0.2) is 35.0 Å². The lowest BCUT2D eigenvalue weighted by molar-refractivity contribution is 0.0984. The second kappa shape index (κ2) is 9.87. The first-order valence-electron chi connectivity index (χ1n) is 11.7. The fourth-order valence-corrected chi connectivity index (χ4v) is 6.05. The number of hydrogen-bond donors (Lipinski definition) is 0. The number of aromatic nitrogens is 2. The second-order valence-corrected chi connectivity index (χ2v) is 10.7. The number of carbonyl (C=O) groups excluding carboxylic acids is 1. The summed E-state index contributed by atoms with van der Waals surface area (Å²) in [5.41, 5.74) is 3.18. The molecule has 0 fully saturated rings.